The zero-order chi connectivity index (χ0) is 16.8. The lowest BCUT2D eigenvalue weighted by Crippen LogP contribution is -2.06. The fraction of sp³-hybridized carbons (Fsp3) is 0.200. The minimum absolute atomic E-state index is 0.262. The number of aromatic hydroxyl groups is 1. The molecule has 0 aliphatic rings. The molecule has 4 heteroatoms. The molecule has 0 aliphatic carbocycles. The molecular formula is C20H21N3O. The molecule has 0 unspecified atom stereocenters. The summed E-state index contributed by atoms with van der Waals surface area (Å²) in [5, 5.41) is 10.3. The van der Waals surface area contributed by atoms with Gasteiger partial charge in [0.2, 0.25) is 0 Å². The van der Waals surface area contributed by atoms with E-state index in [1.165, 1.54) is 0 Å². The number of phenols is 1. The molecule has 2 aromatic carbocycles. The van der Waals surface area contributed by atoms with Crippen LogP contribution in [0.2, 0.25) is 0 Å². The molecular weight excluding hydrogens is 298 g/mol. The second kappa shape index (κ2) is 7.59. The second-order valence-electron chi connectivity index (χ2n) is 5.77. The monoisotopic (exact) mass is 319 g/mol. The topological polar surface area (TPSA) is 50.4 Å². The van der Waals surface area contributed by atoms with E-state index in [2.05, 4.69) is 4.98 Å². The number of aromatic nitrogens is 2. The quantitative estimate of drug-likeness (QED) is 0.554. The lowest BCUT2D eigenvalue weighted by atomic mass is 9.99. The fourth-order valence-corrected chi connectivity index (χ4v) is 2.63. The van der Waals surface area contributed by atoms with Gasteiger partial charge in [-0.1, -0.05) is 42.0 Å². The van der Waals surface area contributed by atoms with Crippen molar-refractivity contribution in [1.29, 1.82) is 0 Å². The van der Waals surface area contributed by atoms with Gasteiger partial charge in [0.1, 0.15) is 5.75 Å². The van der Waals surface area contributed by atoms with Crippen LogP contribution in [0.3, 0.4) is 0 Å². The van der Waals surface area contributed by atoms with E-state index in [0.29, 0.717) is 6.54 Å². The van der Waals surface area contributed by atoms with Gasteiger partial charge in [-0.05, 0) is 25.5 Å². The molecule has 1 heterocycles. The van der Waals surface area contributed by atoms with Crippen LogP contribution < -0.4 is 0 Å². The Bertz CT molecular complexity index is 808. The molecule has 1 aromatic heterocycles. The van der Waals surface area contributed by atoms with E-state index in [1.54, 1.807) is 12.3 Å². The van der Waals surface area contributed by atoms with Crippen LogP contribution >= 0.6 is 0 Å². The first-order valence-electron chi connectivity index (χ1n) is 8.09. The number of aliphatic imine (C=N–C) groups is 1. The van der Waals surface area contributed by atoms with Crippen LogP contribution in [0.4, 0.5) is 0 Å². The molecule has 0 radical (unpaired) electrons. The lowest BCUT2D eigenvalue weighted by Gasteiger charge is -2.11. The molecule has 0 amide bonds. The summed E-state index contributed by atoms with van der Waals surface area (Å²) >= 11 is 0. The number of imidazole rings is 1. The molecule has 1 N–H and O–H groups in total. The van der Waals surface area contributed by atoms with Crippen molar-refractivity contribution < 1.29 is 5.11 Å². The van der Waals surface area contributed by atoms with Gasteiger partial charge in [0, 0.05) is 36.6 Å². The van der Waals surface area contributed by atoms with Gasteiger partial charge in [-0.3, -0.25) is 4.99 Å². The maximum absolute atomic E-state index is 10.3. The maximum atomic E-state index is 10.3. The Hall–Kier alpha value is -2.88. The largest absolute Gasteiger partial charge is 0.507 e. The fourth-order valence-electron chi connectivity index (χ4n) is 2.63. The summed E-state index contributed by atoms with van der Waals surface area (Å²) in [4.78, 5) is 8.84. The number of hydrogen-bond donors (Lipinski definition) is 1. The minimum atomic E-state index is 0.262. The smallest absolute Gasteiger partial charge is 0.124 e. The van der Waals surface area contributed by atoms with Crippen molar-refractivity contribution in [2.45, 2.75) is 19.9 Å². The van der Waals surface area contributed by atoms with Gasteiger partial charge < -0.3 is 9.67 Å². The van der Waals surface area contributed by atoms with Gasteiger partial charge in [0.05, 0.1) is 12.0 Å². The summed E-state index contributed by atoms with van der Waals surface area (Å²) in [5.74, 6) is 0.262. The van der Waals surface area contributed by atoms with E-state index in [0.717, 1.165) is 35.4 Å². The van der Waals surface area contributed by atoms with Crippen molar-refractivity contribution in [2.75, 3.05) is 6.54 Å². The van der Waals surface area contributed by atoms with Crippen molar-refractivity contribution in [3.05, 3.63) is 83.9 Å². The highest BCUT2D eigenvalue weighted by molar-refractivity contribution is 6.14. The van der Waals surface area contributed by atoms with Gasteiger partial charge in [0.15, 0.2) is 0 Å². The van der Waals surface area contributed by atoms with Crippen LogP contribution in [-0.4, -0.2) is 26.9 Å². The zero-order valence-corrected chi connectivity index (χ0v) is 13.8. The standard InChI is InChI=1S/C20H21N3O/c1-16-8-9-19(24)18(14-16)20(17-6-3-2-4-7-17)22-10-5-12-23-13-11-21-15-23/h2-4,6-9,11,13-15,24H,5,10,12H2,1H3. The summed E-state index contributed by atoms with van der Waals surface area (Å²) < 4.78 is 2.04. The number of phenolic OH excluding ortho intramolecular Hbond substituents is 1. The van der Waals surface area contributed by atoms with Gasteiger partial charge in [-0.15, -0.1) is 0 Å². The Morgan fingerprint density at radius 2 is 2.00 bits per heavy atom. The highest BCUT2D eigenvalue weighted by Crippen LogP contribution is 2.22. The molecule has 0 saturated carbocycles. The molecule has 3 aromatic rings. The van der Waals surface area contributed by atoms with E-state index in [-0.39, 0.29) is 5.75 Å². The van der Waals surface area contributed by atoms with Crippen LogP contribution in [-0.2, 0) is 6.54 Å². The minimum Gasteiger partial charge on any atom is -0.507 e. The highest BCUT2D eigenvalue weighted by Gasteiger charge is 2.11. The van der Waals surface area contributed by atoms with Crippen LogP contribution in [0.5, 0.6) is 5.75 Å². The average Bonchev–Trinajstić information content (AvgIpc) is 3.12. The lowest BCUT2D eigenvalue weighted by molar-refractivity contribution is 0.474. The van der Waals surface area contributed by atoms with Crippen LogP contribution in [0, 0.1) is 6.92 Å². The predicted molar refractivity (Wildman–Crippen MR) is 96.6 cm³/mol. The Kier molecular flexibility index (Phi) is 5.06. The third-order valence-electron chi connectivity index (χ3n) is 3.86. The van der Waals surface area contributed by atoms with E-state index in [4.69, 9.17) is 4.99 Å². The van der Waals surface area contributed by atoms with Crippen LogP contribution in [0.1, 0.15) is 23.1 Å². The van der Waals surface area contributed by atoms with Crippen molar-refractivity contribution in [3.8, 4) is 5.75 Å². The van der Waals surface area contributed by atoms with Crippen LogP contribution in [0.25, 0.3) is 0 Å². The Morgan fingerprint density at radius 1 is 1.17 bits per heavy atom. The summed E-state index contributed by atoms with van der Waals surface area (Å²) in [5.41, 5.74) is 3.73. The van der Waals surface area contributed by atoms with E-state index >= 15 is 0 Å². The van der Waals surface area contributed by atoms with Gasteiger partial charge in [0.25, 0.3) is 0 Å². The van der Waals surface area contributed by atoms with E-state index in [9.17, 15) is 5.11 Å². The molecule has 122 valence electrons. The van der Waals surface area contributed by atoms with E-state index in [1.807, 2.05) is 66.5 Å². The van der Waals surface area contributed by atoms with Crippen molar-refractivity contribution in [1.82, 2.24) is 9.55 Å². The number of aryl methyl sites for hydroxylation is 2. The normalized spacial score (nSPS) is 11.6. The third-order valence-corrected chi connectivity index (χ3v) is 3.86. The molecule has 0 atom stereocenters. The van der Waals surface area contributed by atoms with Gasteiger partial charge in [-0.25, -0.2) is 4.98 Å². The number of nitrogens with zero attached hydrogens (tertiary/aromatic N) is 3. The second-order valence-corrected chi connectivity index (χ2v) is 5.77. The SMILES string of the molecule is Cc1ccc(O)c(C(=NCCCn2ccnc2)c2ccccc2)c1. The zero-order valence-electron chi connectivity index (χ0n) is 13.8. The summed E-state index contributed by atoms with van der Waals surface area (Å²) in [6, 6.07) is 15.6. The van der Waals surface area contributed by atoms with Gasteiger partial charge in [-0.2, -0.15) is 0 Å². The molecule has 0 aliphatic heterocycles. The average molecular weight is 319 g/mol. The van der Waals surface area contributed by atoms with Crippen LogP contribution in [0.15, 0.2) is 72.2 Å². The third kappa shape index (κ3) is 3.90. The number of benzene rings is 2. The van der Waals surface area contributed by atoms with Crippen molar-refractivity contribution in [2.24, 2.45) is 4.99 Å². The van der Waals surface area contributed by atoms with Crippen molar-refractivity contribution >= 4 is 5.71 Å². The Morgan fingerprint density at radius 3 is 2.75 bits per heavy atom. The maximum Gasteiger partial charge on any atom is 0.124 e. The Labute approximate surface area is 142 Å². The predicted octanol–water partition coefficient (Wildman–Crippen LogP) is 3.82. The highest BCUT2D eigenvalue weighted by atomic mass is 16.3. The summed E-state index contributed by atoms with van der Waals surface area (Å²) in [6.07, 6.45) is 6.46. The first-order valence-corrected chi connectivity index (χ1v) is 8.09. The molecule has 0 bridgehead atoms. The van der Waals surface area contributed by atoms with E-state index < -0.39 is 0 Å². The molecule has 4 nitrogen and oxygen atoms in total. The number of hydrogen-bond acceptors (Lipinski definition) is 3. The van der Waals surface area contributed by atoms with Gasteiger partial charge >= 0.3 is 0 Å². The number of rotatable bonds is 6. The molecule has 3 rings (SSSR count). The van der Waals surface area contributed by atoms with Crippen molar-refractivity contribution in [3.63, 3.8) is 0 Å². The first kappa shape index (κ1) is 16.0. The molecule has 24 heavy (non-hydrogen) atoms. The first-order chi connectivity index (χ1) is 11.7. The summed E-state index contributed by atoms with van der Waals surface area (Å²) in [6.45, 7) is 3.59. The molecule has 0 spiro atoms. The molecule has 0 saturated heterocycles. The summed E-state index contributed by atoms with van der Waals surface area (Å²) in [7, 11) is 0. The Balaban J connectivity index is 1.85. The molecule has 0 fully saturated rings.